The SMILES string of the molecule is Cc1nc2nc(C(F)(F)F)nn2c(C)c1CCC(=O)N[C@@H](C(N)=O)c1ccccc1. The van der Waals surface area contributed by atoms with Gasteiger partial charge in [0.15, 0.2) is 0 Å². The van der Waals surface area contributed by atoms with Gasteiger partial charge in [-0.25, -0.2) is 9.50 Å². The largest absolute Gasteiger partial charge is 0.453 e. The average molecular weight is 420 g/mol. The van der Waals surface area contributed by atoms with Gasteiger partial charge in [-0.1, -0.05) is 30.3 Å². The van der Waals surface area contributed by atoms with E-state index < -0.39 is 29.9 Å². The van der Waals surface area contributed by atoms with Crippen LogP contribution in [0.2, 0.25) is 0 Å². The molecule has 0 saturated carbocycles. The molecule has 158 valence electrons. The van der Waals surface area contributed by atoms with Crippen LogP contribution in [0.15, 0.2) is 30.3 Å². The molecule has 1 atom stereocenters. The molecule has 0 aliphatic rings. The molecule has 2 amide bonds. The highest BCUT2D eigenvalue weighted by Crippen LogP contribution is 2.27. The van der Waals surface area contributed by atoms with E-state index in [0.717, 1.165) is 4.52 Å². The molecule has 11 heteroatoms. The van der Waals surface area contributed by atoms with Crippen molar-refractivity contribution in [2.75, 3.05) is 0 Å². The van der Waals surface area contributed by atoms with E-state index in [0.29, 0.717) is 22.5 Å². The van der Waals surface area contributed by atoms with E-state index in [1.807, 2.05) is 0 Å². The fourth-order valence-corrected chi connectivity index (χ4v) is 3.13. The summed E-state index contributed by atoms with van der Waals surface area (Å²) >= 11 is 0. The molecule has 0 saturated heterocycles. The molecule has 2 heterocycles. The summed E-state index contributed by atoms with van der Waals surface area (Å²) in [4.78, 5) is 31.6. The molecule has 3 rings (SSSR count). The lowest BCUT2D eigenvalue weighted by Crippen LogP contribution is -2.37. The van der Waals surface area contributed by atoms with Crippen LogP contribution in [0, 0.1) is 13.8 Å². The van der Waals surface area contributed by atoms with Crippen molar-refractivity contribution in [1.29, 1.82) is 0 Å². The maximum absolute atomic E-state index is 12.9. The molecule has 0 aliphatic heterocycles. The van der Waals surface area contributed by atoms with Gasteiger partial charge in [-0.05, 0) is 31.4 Å². The Labute approximate surface area is 169 Å². The number of hydrogen-bond acceptors (Lipinski definition) is 5. The van der Waals surface area contributed by atoms with E-state index in [1.165, 1.54) is 0 Å². The standard InChI is InChI=1S/C19H19F3N6O2/c1-10-13(11(2)28-18(24-10)26-17(27-28)19(20,21)22)8-9-14(29)25-15(16(23)30)12-6-4-3-5-7-12/h3-7,15H,8-9H2,1-2H3,(H2,23,30)(H,25,29)/t15-/m1/s1. The number of fused-ring (bicyclic) bond motifs is 1. The number of hydrogen-bond donors (Lipinski definition) is 2. The van der Waals surface area contributed by atoms with Crippen LogP contribution in [0.1, 0.15) is 40.8 Å². The third-order valence-electron chi connectivity index (χ3n) is 4.63. The number of carbonyl (C=O) groups is 2. The van der Waals surface area contributed by atoms with Crippen LogP contribution < -0.4 is 11.1 Å². The minimum atomic E-state index is -4.69. The van der Waals surface area contributed by atoms with E-state index in [2.05, 4.69) is 20.4 Å². The van der Waals surface area contributed by atoms with Crippen LogP contribution in [0.5, 0.6) is 0 Å². The summed E-state index contributed by atoms with van der Waals surface area (Å²) in [6.45, 7) is 3.21. The lowest BCUT2D eigenvalue weighted by Gasteiger charge is -2.16. The first-order valence-corrected chi connectivity index (χ1v) is 9.01. The molecule has 0 aliphatic carbocycles. The normalized spacial score (nSPS) is 12.7. The summed E-state index contributed by atoms with van der Waals surface area (Å²) in [5.74, 6) is -2.58. The summed E-state index contributed by atoms with van der Waals surface area (Å²) in [7, 11) is 0. The number of primary amides is 1. The highest BCUT2D eigenvalue weighted by atomic mass is 19.4. The molecule has 3 aromatic rings. The van der Waals surface area contributed by atoms with Crippen LogP contribution >= 0.6 is 0 Å². The van der Waals surface area contributed by atoms with Crippen LogP contribution in [0.25, 0.3) is 5.78 Å². The number of alkyl halides is 3. The lowest BCUT2D eigenvalue weighted by molar-refractivity contribution is -0.144. The monoisotopic (exact) mass is 420 g/mol. The van der Waals surface area contributed by atoms with Crippen molar-refractivity contribution >= 4 is 17.6 Å². The van der Waals surface area contributed by atoms with Gasteiger partial charge in [-0.2, -0.15) is 18.2 Å². The number of rotatable bonds is 6. The van der Waals surface area contributed by atoms with E-state index in [9.17, 15) is 22.8 Å². The fourth-order valence-electron chi connectivity index (χ4n) is 3.13. The summed E-state index contributed by atoms with van der Waals surface area (Å²) in [5.41, 5.74) is 7.38. The van der Waals surface area contributed by atoms with E-state index in [1.54, 1.807) is 44.2 Å². The van der Waals surface area contributed by atoms with Gasteiger partial charge in [-0.3, -0.25) is 9.59 Å². The number of carbonyl (C=O) groups excluding carboxylic acids is 2. The fraction of sp³-hybridized carbons (Fsp3) is 0.316. The van der Waals surface area contributed by atoms with Gasteiger partial charge in [0.05, 0.1) is 0 Å². The van der Waals surface area contributed by atoms with E-state index in [-0.39, 0.29) is 18.6 Å². The number of aromatic nitrogens is 4. The van der Waals surface area contributed by atoms with Crippen molar-refractivity contribution in [3.8, 4) is 0 Å². The molecule has 0 fully saturated rings. The molecule has 2 aromatic heterocycles. The number of amides is 2. The second-order valence-corrected chi connectivity index (χ2v) is 6.72. The molecule has 0 spiro atoms. The first-order chi connectivity index (χ1) is 14.1. The Balaban J connectivity index is 1.77. The van der Waals surface area contributed by atoms with E-state index >= 15 is 0 Å². The van der Waals surface area contributed by atoms with Crippen LogP contribution in [-0.4, -0.2) is 31.4 Å². The van der Waals surface area contributed by atoms with Gasteiger partial charge in [0.2, 0.25) is 11.8 Å². The maximum atomic E-state index is 12.9. The quantitative estimate of drug-likeness (QED) is 0.633. The summed E-state index contributed by atoms with van der Waals surface area (Å²) in [6, 6.07) is 7.57. The number of benzene rings is 1. The number of nitrogens with one attached hydrogen (secondary N) is 1. The Morgan fingerprint density at radius 3 is 2.43 bits per heavy atom. The Morgan fingerprint density at radius 1 is 1.17 bits per heavy atom. The molecule has 3 N–H and O–H groups in total. The number of nitrogens with zero attached hydrogens (tertiary/aromatic N) is 4. The second kappa shape index (κ2) is 8.09. The Morgan fingerprint density at radius 2 is 1.83 bits per heavy atom. The molecular formula is C19H19F3N6O2. The first kappa shape index (κ1) is 21.2. The topological polar surface area (TPSA) is 115 Å². The zero-order chi connectivity index (χ0) is 22.1. The Bertz CT molecular complexity index is 1100. The minimum Gasteiger partial charge on any atom is -0.368 e. The van der Waals surface area contributed by atoms with Crippen molar-refractivity contribution < 1.29 is 22.8 Å². The van der Waals surface area contributed by atoms with Gasteiger partial charge in [0, 0.05) is 17.8 Å². The Kier molecular flexibility index (Phi) is 5.72. The minimum absolute atomic E-state index is 0.0215. The van der Waals surface area contributed by atoms with E-state index in [4.69, 9.17) is 5.73 Å². The van der Waals surface area contributed by atoms with Gasteiger partial charge in [0.25, 0.3) is 11.6 Å². The zero-order valence-electron chi connectivity index (χ0n) is 16.2. The second-order valence-electron chi connectivity index (χ2n) is 6.72. The molecule has 0 radical (unpaired) electrons. The molecule has 1 aromatic carbocycles. The summed E-state index contributed by atoms with van der Waals surface area (Å²) in [6.07, 6.45) is -4.52. The molecule has 30 heavy (non-hydrogen) atoms. The van der Waals surface area contributed by atoms with Crippen molar-refractivity contribution in [3.63, 3.8) is 0 Å². The van der Waals surface area contributed by atoms with Gasteiger partial charge >= 0.3 is 6.18 Å². The number of halogens is 3. The first-order valence-electron chi connectivity index (χ1n) is 9.01. The van der Waals surface area contributed by atoms with Crippen molar-refractivity contribution in [3.05, 3.63) is 58.7 Å². The average Bonchev–Trinajstić information content (AvgIpc) is 3.11. The van der Waals surface area contributed by atoms with Crippen molar-refractivity contribution in [1.82, 2.24) is 24.9 Å². The maximum Gasteiger partial charge on any atom is 0.453 e. The molecule has 0 unspecified atom stereocenters. The van der Waals surface area contributed by atoms with Gasteiger partial charge in [0.1, 0.15) is 6.04 Å². The predicted octanol–water partition coefficient (Wildman–Crippen LogP) is 2.04. The smallest absolute Gasteiger partial charge is 0.368 e. The zero-order valence-corrected chi connectivity index (χ0v) is 16.2. The number of aryl methyl sites for hydroxylation is 2. The molecule has 0 bridgehead atoms. The summed E-state index contributed by atoms with van der Waals surface area (Å²) in [5, 5.41) is 6.07. The van der Waals surface area contributed by atoms with Crippen LogP contribution in [0.4, 0.5) is 13.2 Å². The van der Waals surface area contributed by atoms with Crippen molar-refractivity contribution in [2.24, 2.45) is 5.73 Å². The Hall–Kier alpha value is -3.50. The third-order valence-corrected chi connectivity index (χ3v) is 4.63. The third kappa shape index (κ3) is 4.39. The summed E-state index contributed by atoms with van der Waals surface area (Å²) < 4.78 is 39.7. The highest BCUT2D eigenvalue weighted by molar-refractivity contribution is 5.87. The molecule has 8 nitrogen and oxygen atoms in total. The predicted molar refractivity (Wildman–Crippen MR) is 100 cm³/mol. The molecular weight excluding hydrogens is 401 g/mol. The number of nitrogens with two attached hydrogens (primary N) is 1. The van der Waals surface area contributed by atoms with Gasteiger partial charge in [-0.15, -0.1) is 5.10 Å². The van der Waals surface area contributed by atoms with Crippen LogP contribution in [0.3, 0.4) is 0 Å². The van der Waals surface area contributed by atoms with Crippen LogP contribution in [-0.2, 0) is 22.2 Å². The van der Waals surface area contributed by atoms with Gasteiger partial charge < -0.3 is 11.1 Å². The lowest BCUT2D eigenvalue weighted by atomic mass is 10.0. The highest BCUT2D eigenvalue weighted by Gasteiger charge is 2.37. The van der Waals surface area contributed by atoms with Crippen molar-refractivity contribution in [2.45, 2.75) is 38.9 Å².